The van der Waals surface area contributed by atoms with Gasteiger partial charge < -0.3 is 15.3 Å². The van der Waals surface area contributed by atoms with Gasteiger partial charge in [-0.3, -0.25) is 0 Å². The maximum Gasteiger partial charge on any atom is 0.0606 e. The molecule has 1 fully saturated rings. The van der Waals surface area contributed by atoms with Crippen LogP contribution in [-0.4, -0.2) is 41.8 Å². The molecule has 1 saturated heterocycles. The summed E-state index contributed by atoms with van der Waals surface area (Å²) in [5, 5.41) is 13.4. The van der Waals surface area contributed by atoms with Gasteiger partial charge in [0.1, 0.15) is 0 Å². The Labute approximate surface area is 120 Å². The van der Waals surface area contributed by atoms with Crippen molar-refractivity contribution in [1.82, 2.24) is 0 Å². The second-order valence-corrected chi connectivity index (χ2v) is 6.45. The maximum atomic E-state index is 9.05. The highest BCUT2D eigenvalue weighted by Crippen LogP contribution is 2.29. The van der Waals surface area contributed by atoms with Crippen LogP contribution in [0.25, 0.3) is 0 Å². The van der Waals surface area contributed by atoms with Crippen molar-refractivity contribution in [3.63, 3.8) is 0 Å². The van der Waals surface area contributed by atoms with E-state index in [0.717, 1.165) is 6.54 Å². The summed E-state index contributed by atoms with van der Waals surface area (Å²) in [5.41, 5.74) is 2.37. The minimum absolute atomic E-state index is 0.199. The molecule has 0 bridgehead atoms. The third-order valence-electron chi connectivity index (χ3n) is 3.71. The van der Waals surface area contributed by atoms with Crippen molar-refractivity contribution in [3.8, 4) is 0 Å². The molecule has 4 heteroatoms. The molecule has 1 aromatic rings. The van der Waals surface area contributed by atoms with Gasteiger partial charge in [-0.05, 0) is 43.4 Å². The number of nitrogens with one attached hydrogen (secondary N) is 1. The first kappa shape index (κ1) is 14.5. The van der Waals surface area contributed by atoms with Crippen molar-refractivity contribution in [2.24, 2.45) is 0 Å². The number of thioether (sulfide) groups is 1. The third kappa shape index (κ3) is 3.80. The third-order valence-corrected chi connectivity index (χ3v) is 5.04. The van der Waals surface area contributed by atoms with Gasteiger partial charge in [0.25, 0.3) is 0 Å². The molecule has 2 rings (SSSR count). The largest absolute Gasteiger partial charge is 0.395 e. The number of hydrogen-bond acceptors (Lipinski definition) is 4. The average molecular weight is 280 g/mol. The normalized spacial score (nSPS) is 22.5. The van der Waals surface area contributed by atoms with Crippen LogP contribution in [0.15, 0.2) is 24.3 Å². The predicted molar refractivity (Wildman–Crippen MR) is 85.4 cm³/mol. The predicted octanol–water partition coefficient (Wildman–Crippen LogP) is 2.81. The molecule has 1 heterocycles. The quantitative estimate of drug-likeness (QED) is 0.840. The first-order valence-corrected chi connectivity index (χ1v) is 8.13. The Balaban J connectivity index is 1.97. The lowest BCUT2D eigenvalue weighted by atomic mass is 10.1. The van der Waals surface area contributed by atoms with Crippen molar-refractivity contribution >= 4 is 23.1 Å². The summed E-state index contributed by atoms with van der Waals surface area (Å²) in [4.78, 5) is 2.18. The fraction of sp³-hybridized carbons (Fsp3) is 0.600. The SMILES string of the molecule is CCN(CCO)c1ccc(NC2CCSC2C)cc1. The Hall–Kier alpha value is -0.870. The van der Waals surface area contributed by atoms with Gasteiger partial charge in [0.2, 0.25) is 0 Å². The van der Waals surface area contributed by atoms with Crippen LogP contribution in [0.5, 0.6) is 0 Å². The zero-order valence-electron chi connectivity index (χ0n) is 11.8. The average Bonchev–Trinajstić information content (AvgIpc) is 2.83. The zero-order valence-corrected chi connectivity index (χ0v) is 12.6. The minimum atomic E-state index is 0.199. The molecule has 2 atom stereocenters. The number of aliphatic hydroxyl groups excluding tert-OH is 1. The highest BCUT2D eigenvalue weighted by Gasteiger charge is 2.23. The van der Waals surface area contributed by atoms with E-state index in [2.05, 4.69) is 48.3 Å². The number of likely N-dealkylation sites (N-methyl/N-ethyl adjacent to an activating group) is 1. The number of benzene rings is 1. The minimum Gasteiger partial charge on any atom is -0.395 e. The fourth-order valence-corrected chi connectivity index (χ4v) is 3.69. The molecule has 0 aliphatic carbocycles. The van der Waals surface area contributed by atoms with Crippen LogP contribution in [0.4, 0.5) is 11.4 Å². The molecule has 19 heavy (non-hydrogen) atoms. The van der Waals surface area contributed by atoms with Crippen LogP contribution < -0.4 is 10.2 Å². The molecule has 0 radical (unpaired) electrons. The van der Waals surface area contributed by atoms with Crippen molar-refractivity contribution in [1.29, 1.82) is 0 Å². The molecular formula is C15H24N2OS. The summed E-state index contributed by atoms with van der Waals surface area (Å²) in [7, 11) is 0. The summed E-state index contributed by atoms with van der Waals surface area (Å²) in [5.74, 6) is 1.26. The molecule has 0 saturated carbocycles. The molecule has 0 amide bonds. The topological polar surface area (TPSA) is 35.5 Å². The van der Waals surface area contributed by atoms with E-state index in [1.165, 1.54) is 23.5 Å². The van der Waals surface area contributed by atoms with E-state index in [-0.39, 0.29) is 6.61 Å². The van der Waals surface area contributed by atoms with Gasteiger partial charge in [-0.15, -0.1) is 0 Å². The van der Waals surface area contributed by atoms with Crippen molar-refractivity contribution in [3.05, 3.63) is 24.3 Å². The Morgan fingerprint density at radius 3 is 2.63 bits per heavy atom. The number of rotatable bonds is 6. The zero-order chi connectivity index (χ0) is 13.7. The van der Waals surface area contributed by atoms with E-state index in [1.807, 2.05) is 11.8 Å². The molecular weight excluding hydrogens is 256 g/mol. The molecule has 1 aliphatic rings. The Morgan fingerprint density at radius 1 is 1.37 bits per heavy atom. The summed E-state index contributed by atoms with van der Waals surface area (Å²) >= 11 is 2.04. The van der Waals surface area contributed by atoms with Crippen LogP contribution in [0.3, 0.4) is 0 Å². The maximum absolute atomic E-state index is 9.05. The monoisotopic (exact) mass is 280 g/mol. The van der Waals surface area contributed by atoms with E-state index in [9.17, 15) is 0 Å². The molecule has 0 spiro atoms. The standard InChI is InChI=1S/C15H24N2OS/c1-3-17(9-10-18)14-6-4-13(5-7-14)16-15-8-11-19-12(15)2/h4-7,12,15-16,18H,3,8-11H2,1-2H3. The van der Waals surface area contributed by atoms with E-state index >= 15 is 0 Å². The van der Waals surface area contributed by atoms with E-state index in [0.29, 0.717) is 17.8 Å². The van der Waals surface area contributed by atoms with Crippen LogP contribution in [-0.2, 0) is 0 Å². The molecule has 0 aromatic heterocycles. The van der Waals surface area contributed by atoms with Gasteiger partial charge in [0.05, 0.1) is 6.61 Å². The Morgan fingerprint density at radius 2 is 2.11 bits per heavy atom. The summed E-state index contributed by atoms with van der Waals surface area (Å²) in [6, 6.07) is 9.15. The van der Waals surface area contributed by atoms with Crippen molar-refractivity contribution in [2.45, 2.75) is 31.6 Å². The molecule has 2 N–H and O–H groups in total. The van der Waals surface area contributed by atoms with Crippen molar-refractivity contribution < 1.29 is 5.11 Å². The molecule has 1 aromatic carbocycles. The van der Waals surface area contributed by atoms with Crippen LogP contribution in [0, 0.1) is 0 Å². The molecule has 106 valence electrons. The second kappa shape index (κ2) is 7.06. The molecule has 2 unspecified atom stereocenters. The lowest BCUT2D eigenvalue weighted by molar-refractivity contribution is 0.302. The van der Waals surface area contributed by atoms with E-state index in [4.69, 9.17) is 5.11 Å². The highest BCUT2D eigenvalue weighted by atomic mass is 32.2. The van der Waals surface area contributed by atoms with Gasteiger partial charge in [-0.1, -0.05) is 6.92 Å². The number of anilines is 2. The van der Waals surface area contributed by atoms with Crippen LogP contribution in [0.2, 0.25) is 0 Å². The number of aliphatic hydroxyl groups is 1. The fourth-order valence-electron chi connectivity index (χ4n) is 2.49. The lowest BCUT2D eigenvalue weighted by Crippen LogP contribution is -2.26. The first-order chi connectivity index (χ1) is 9.24. The number of nitrogens with zero attached hydrogens (tertiary/aromatic N) is 1. The van der Waals surface area contributed by atoms with Gasteiger partial charge in [0, 0.05) is 35.8 Å². The smallest absolute Gasteiger partial charge is 0.0606 e. The van der Waals surface area contributed by atoms with E-state index < -0.39 is 0 Å². The van der Waals surface area contributed by atoms with E-state index in [1.54, 1.807) is 0 Å². The Bertz CT molecular complexity index is 382. The van der Waals surface area contributed by atoms with Gasteiger partial charge in [-0.25, -0.2) is 0 Å². The molecule has 1 aliphatic heterocycles. The summed E-state index contributed by atoms with van der Waals surface area (Å²) in [6.07, 6.45) is 1.25. The van der Waals surface area contributed by atoms with Gasteiger partial charge >= 0.3 is 0 Å². The van der Waals surface area contributed by atoms with Gasteiger partial charge in [-0.2, -0.15) is 11.8 Å². The summed E-state index contributed by atoms with van der Waals surface area (Å²) < 4.78 is 0. The highest BCUT2D eigenvalue weighted by molar-refractivity contribution is 8.00. The van der Waals surface area contributed by atoms with Crippen molar-refractivity contribution in [2.75, 3.05) is 35.7 Å². The second-order valence-electron chi connectivity index (χ2n) is 4.97. The summed E-state index contributed by atoms with van der Waals surface area (Å²) in [6.45, 7) is 6.22. The lowest BCUT2D eigenvalue weighted by Gasteiger charge is -2.23. The Kier molecular flexibility index (Phi) is 5.40. The number of hydrogen-bond donors (Lipinski definition) is 2. The first-order valence-electron chi connectivity index (χ1n) is 7.08. The van der Waals surface area contributed by atoms with Crippen LogP contribution in [0.1, 0.15) is 20.3 Å². The van der Waals surface area contributed by atoms with Gasteiger partial charge in [0.15, 0.2) is 0 Å². The molecule has 3 nitrogen and oxygen atoms in total. The van der Waals surface area contributed by atoms with Crippen LogP contribution >= 0.6 is 11.8 Å².